The molecule has 6 rings (SSSR count). The quantitative estimate of drug-likeness (QED) is 0.170. The van der Waals surface area contributed by atoms with Crippen molar-refractivity contribution in [3.63, 3.8) is 0 Å². The fourth-order valence-electron chi connectivity index (χ4n) is 5.61. The summed E-state index contributed by atoms with van der Waals surface area (Å²) in [6.45, 7) is 0. The van der Waals surface area contributed by atoms with Gasteiger partial charge in [0, 0.05) is 32.5 Å². The van der Waals surface area contributed by atoms with Crippen molar-refractivity contribution in [2.45, 2.75) is 5.60 Å². The molecule has 1 aliphatic heterocycles. The Morgan fingerprint density at radius 3 is 1.81 bits per heavy atom. The molecule has 0 aliphatic carbocycles. The molecule has 0 bridgehead atoms. The number of carbonyl (C=O) groups is 1. The molecule has 43 heavy (non-hydrogen) atoms. The Kier molecular flexibility index (Phi) is 7.46. The number of esters is 1. The van der Waals surface area contributed by atoms with Crippen LogP contribution >= 0.6 is 11.3 Å². The Balaban J connectivity index is 1.71. The van der Waals surface area contributed by atoms with Gasteiger partial charge in [-0.3, -0.25) is 0 Å². The zero-order valence-electron chi connectivity index (χ0n) is 24.4. The number of rotatable bonds is 8. The van der Waals surface area contributed by atoms with E-state index >= 15 is 0 Å². The summed E-state index contributed by atoms with van der Waals surface area (Å²) in [5.41, 5.74) is 2.46. The summed E-state index contributed by atoms with van der Waals surface area (Å²) in [5, 5.41) is 3.51. The SMILES string of the molecule is COC(=O)c1c2c(c3cc(OC)c(OC)cc3c1-c1cccs1)OC(c1ccc(OC)cc1)(c1ccc(OC)cc1)C=C2. The molecule has 2 heterocycles. The molecule has 5 aromatic rings. The molecule has 0 saturated carbocycles. The maximum Gasteiger partial charge on any atom is 0.339 e. The van der Waals surface area contributed by atoms with Crippen molar-refractivity contribution in [3.05, 3.63) is 107 Å². The highest BCUT2D eigenvalue weighted by Gasteiger charge is 2.40. The second-order valence-electron chi connectivity index (χ2n) is 9.84. The van der Waals surface area contributed by atoms with E-state index in [-0.39, 0.29) is 0 Å². The number of benzene rings is 4. The van der Waals surface area contributed by atoms with Crippen molar-refractivity contribution in [3.8, 4) is 39.2 Å². The summed E-state index contributed by atoms with van der Waals surface area (Å²) in [6.07, 6.45) is 3.93. The Labute approximate surface area is 253 Å². The molecule has 0 amide bonds. The maximum atomic E-state index is 13.6. The lowest BCUT2D eigenvalue weighted by Crippen LogP contribution is -2.34. The number of carbonyl (C=O) groups excluding carboxylic acids is 1. The predicted molar refractivity (Wildman–Crippen MR) is 168 cm³/mol. The van der Waals surface area contributed by atoms with E-state index in [9.17, 15) is 4.79 Å². The average Bonchev–Trinajstić information content (AvgIpc) is 3.61. The molecule has 0 N–H and O–H groups in total. The number of thiophene rings is 1. The van der Waals surface area contributed by atoms with Crippen molar-refractivity contribution in [1.82, 2.24) is 0 Å². The Morgan fingerprint density at radius 1 is 0.744 bits per heavy atom. The van der Waals surface area contributed by atoms with Crippen LogP contribution in [-0.2, 0) is 10.3 Å². The van der Waals surface area contributed by atoms with E-state index in [4.69, 9.17) is 28.4 Å². The minimum atomic E-state index is -1.05. The summed E-state index contributed by atoms with van der Waals surface area (Å²) in [4.78, 5) is 14.5. The fraction of sp³-hybridized carbons (Fsp3) is 0.171. The lowest BCUT2D eigenvalue weighted by atomic mass is 9.81. The molecule has 8 heteroatoms. The minimum Gasteiger partial charge on any atom is -0.497 e. The first-order valence-corrected chi connectivity index (χ1v) is 14.4. The average molecular weight is 595 g/mol. The first kappa shape index (κ1) is 28.2. The van der Waals surface area contributed by atoms with E-state index in [0.717, 1.165) is 43.8 Å². The molecule has 7 nitrogen and oxygen atoms in total. The fourth-order valence-corrected chi connectivity index (χ4v) is 6.40. The molecule has 0 fully saturated rings. The van der Waals surface area contributed by atoms with Crippen molar-refractivity contribution in [1.29, 1.82) is 0 Å². The number of methoxy groups -OCH3 is 5. The van der Waals surface area contributed by atoms with Gasteiger partial charge in [-0.05, 0) is 65.4 Å². The number of hydrogen-bond donors (Lipinski definition) is 0. The van der Waals surface area contributed by atoms with Gasteiger partial charge in [-0.15, -0.1) is 11.3 Å². The molecule has 4 aromatic carbocycles. The van der Waals surface area contributed by atoms with Crippen molar-refractivity contribution < 1.29 is 33.2 Å². The smallest absolute Gasteiger partial charge is 0.339 e. The van der Waals surface area contributed by atoms with Gasteiger partial charge in [0.2, 0.25) is 0 Å². The lowest BCUT2D eigenvalue weighted by molar-refractivity contribution is 0.0600. The van der Waals surface area contributed by atoms with Crippen molar-refractivity contribution in [2.24, 2.45) is 0 Å². The van der Waals surface area contributed by atoms with Crippen LogP contribution in [0.4, 0.5) is 0 Å². The maximum absolute atomic E-state index is 13.6. The van der Waals surface area contributed by atoms with Crippen molar-refractivity contribution >= 4 is 34.2 Å². The Bertz CT molecular complexity index is 1770. The van der Waals surface area contributed by atoms with Gasteiger partial charge in [-0.25, -0.2) is 4.79 Å². The van der Waals surface area contributed by atoms with Gasteiger partial charge < -0.3 is 28.4 Å². The highest BCUT2D eigenvalue weighted by Crippen LogP contribution is 2.52. The molecular formula is C35H30O7S. The molecule has 0 spiro atoms. The Morgan fingerprint density at radius 2 is 1.33 bits per heavy atom. The highest BCUT2D eigenvalue weighted by atomic mass is 32.1. The second kappa shape index (κ2) is 11.4. The van der Waals surface area contributed by atoms with Crippen LogP contribution in [0.5, 0.6) is 28.7 Å². The summed E-state index contributed by atoms with van der Waals surface area (Å²) in [6, 6.07) is 23.3. The minimum absolute atomic E-state index is 0.411. The van der Waals surface area contributed by atoms with Crippen molar-refractivity contribution in [2.75, 3.05) is 35.5 Å². The molecule has 0 unspecified atom stereocenters. The number of ether oxygens (including phenoxy) is 6. The summed E-state index contributed by atoms with van der Waals surface area (Å²) < 4.78 is 34.8. The normalized spacial score (nSPS) is 13.1. The van der Waals surface area contributed by atoms with Gasteiger partial charge in [0.15, 0.2) is 17.1 Å². The third-order valence-corrected chi connectivity index (χ3v) is 8.63. The van der Waals surface area contributed by atoms with Gasteiger partial charge in [-0.2, -0.15) is 0 Å². The van der Waals surface area contributed by atoms with Crippen LogP contribution in [0.25, 0.3) is 27.3 Å². The van der Waals surface area contributed by atoms with E-state index in [1.807, 2.05) is 90.3 Å². The van der Waals surface area contributed by atoms with E-state index in [1.165, 1.54) is 18.4 Å². The summed E-state index contributed by atoms with van der Waals surface area (Å²) >= 11 is 1.54. The second-order valence-corrected chi connectivity index (χ2v) is 10.8. The van der Waals surface area contributed by atoms with E-state index in [2.05, 4.69) is 0 Å². The molecule has 218 valence electrons. The molecule has 0 radical (unpaired) electrons. The monoisotopic (exact) mass is 594 g/mol. The van der Waals surface area contributed by atoms with Crippen LogP contribution in [0.1, 0.15) is 27.0 Å². The van der Waals surface area contributed by atoms with Crippen LogP contribution < -0.4 is 23.7 Å². The van der Waals surface area contributed by atoms with E-state index in [0.29, 0.717) is 28.4 Å². The summed E-state index contributed by atoms with van der Waals surface area (Å²) in [5.74, 6) is 2.58. The molecule has 1 aromatic heterocycles. The third-order valence-electron chi connectivity index (χ3n) is 7.74. The third kappa shape index (κ3) is 4.64. The molecule has 0 atom stereocenters. The van der Waals surface area contributed by atoms with Gasteiger partial charge in [-0.1, -0.05) is 30.3 Å². The number of hydrogen-bond acceptors (Lipinski definition) is 8. The summed E-state index contributed by atoms with van der Waals surface area (Å²) in [7, 11) is 7.84. The van der Waals surface area contributed by atoms with Gasteiger partial charge >= 0.3 is 5.97 Å². The zero-order chi connectivity index (χ0) is 30.1. The van der Waals surface area contributed by atoms with Crippen LogP contribution in [0.3, 0.4) is 0 Å². The van der Waals surface area contributed by atoms with Crippen LogP contribution in [0.15, 0.2) is 84.3 Å². The van der Waals surface area contributed by atoms with Gasteiger partial charge in [0.1, 0.15) is 17.2 Å². The van der Waals surface area contributed by atoms with E-state index in [1.54, 1.807) is 28.4 Å². The predicted octanol–water partition coefficient (Wildman–Crippen LogP) is 7.74. The van der Waals surface area contributed by atoms with E-state index < -0.39 is 11.6 Å². The first-order valence-electron chi connectivity index (χ1n) is 13.5. The standard InChI is InChI=1S/C35H30O7S/c1-37-23-12-8-21(9-13-23)35(22-10-14-24(38-2)15-11-22)17-16-25-32(34(36)41-5)31(30-7-6-18-43-30)26-19-28(39-3)29(40-4)20-27(26)33(25)42-35/h6-20H,1-5H3. The lowest BCUT2D eigenvalue weighted by Gasteiger charge is -2.37. The number of fused-ring (bicyclic) bond motifs is 3. The van der Waals surface area contributed by atoms with Crippen LogP contribution in [0.2, 0.25) is 0 Å². The largest absolute Gasteiger partial charge is 0.497 e. The van der Waals surface area contributed by atoms with Crippen LogP contribution in [0, 0.1) is 0 Å². The van der Waals surface area contributed by atoms with Gasteiger partial charge in [0.25, 0.3) is 0 Å². The van der Waals surface area contributed by atoms with Crippen LogP contribution in [-0.4, -0.2) is 41.5 Å². The molecular weight excluding hydrogens is 564 g/mol. The first-order chi connectivity index (χ1) is 21.0. The zero-order valence-corrected chi connectivity index (χ0v) is 25.2. The molecule has 0 saturated heterocycles. The topological polar surface area (TPSA) is 72.5 Å². The Hall–Kier alpha value is -4.95. The molecule has 1 aliphatic rings. The van der Waals surface area contributed by atoms with Gasteiger partial charge in [0.05, 0.1) is 41.1 Å². The highest BCUT2D eigenvalue weighted by molar-refractivity contribution is 7.13.